The summed E-state index contributed by atoms with van der Waals surface area (Å²) in [7, 11) is 0. The number of carbonyl (C=O) groups is 1. The number of benzene rings is 2. The molecular weight excluding hydrogens is 384 g/mol. The number of anilines is 2. The van der Waals surface area contributed by atoms with E-state index >= 15 is 0 Å². The minimum atomic E-state index is -0.199. The number of carbonyl (C=O) groups excluding carboxylic acids is 1. The van der Waals surface area contributed by atoms with Gasteiger partial charge in [0.1, 0.15) is 5.75 Å². The molecule has 2 heterocycles. The number of nitrogens with zero attached hydrogens (tertiary/aromatic N) is 3. The highest BCUT2D eigenvalue weighted by Gasteiger charge is 2.30. The maximum absolute atomic E-state index is 12.9. The number of hydrazone groups is 1. The largest absolute Gasteiger partial charge is 0.494 e. The van der Waals surface area contributed by atoms with Gasteiger partial charge in [-0.3, -0.25) is 4.79 Å². The number of rotatable bonds is 6. The van der Waals surface area contributed by atoms with Crippen molar-refractivity contribution in [2.45, 2.75) is 13.8 Å². The zero-order valence-corrected chi connectivity index (χ0v) is 16.9. The first kappa shape index (κ1) is 18.9. The molecule has 1 amide bonds. The van der Waals surface area contributed by atoms with Crippen LogP contribution in [0.15, 0.2) is 76.9 Å². The maximum atomic E-state index is 12.9. The first-order chi connectivity index (χ1) is 14.2. The molecule has 146 valence electrons. The summed E-state index contributed by atoms with van der Waals surface area (Å²) < 4.78 is 5.44. The van der Waals surface area contributed by atoms with Gasteiger partial charge in [0.2, 0.25) is 5.13 Å². The van der Waals surface area contributed by atoms with E-state index in [4.69, 9.17) is 4.74 Å². The van der Waals surface area contributed by atoms with Crippen LogP contribution in [0, 0.1) is 0 Å². The molecule has 0 fully saturated rings. The van der Waals surface area contributed by atoms with E-state index in [1.165, 1.54) is 16.3 Å². The van der Waals surface area contributed by atoms with Gasteiger partial charge in [-0.15, -0.1) is 11.3 Å². The Hall–Kier alpha value is -3.45. The fraction of sp³-hybridized carbons (Fsp3) is 0.136. The molecule has 1 aliphatic rings. The summed E-state index contributed by atoms with van der Waals surface area (Å²) in [6, 6.07) is 17.4. The third-order valence-electron chi connectivity index (χ3n) is 4.35. The first-order valence-electron chi connectivity index (χ1n) is 9.26. The lowest BCUT2D eigenvalue weighted by Crippen LogP contribution is -2.21. The van der Waals surface area contributed by atoms with Crippen molar-refractivity contribution in [2.24, 2.45) is 5.10 Å². The second-order valence-corrected chi connectivity index (χ2v) is 7.18. The Balaban J connectivity index is 1.49. The van der Waals surface area contributed by atoms with E-state index < -0.39 is 0 Å². The van der Waals surface area contributed by atoms with Gasteiger partial charge in [-0.05, 0) is 38.1 Å². The molecule has 29 heavy (non-hydrogen) atoms. The Morgan fingerprint density at radius 2 is 1.90 bits per heavy atom. The summed E-state index contributed by atoms with van der Waals surface area (Å²) >= 11 is 1.40. The van der Waals surface area contributed by atoms with Crippen molar-refractivity contribution in [3.8, 4) is 17.0 Å². The van der Waals surface area contributed by atoms with Crippen LogP contribution in [0.1, 0.15) is 13.8 Å². The van der Waals surface area contributed by atoms with Crippen LogP contribution in [0.2, 0.25) is 0 Å². The summed E-state index contributed by atoms with van der Waals surface area (Å²) in [5.74, 6) is 0.611. The van der Waals surface area contributed by atoms with Gasteiger partial charge in [-0.2, -0.15) is 10.1 Å². The van der Waals surface area contributed by atoms with Crippen LogP contribution in [0.25, 0.3) is 11.3 Å². The predicted molar refractivity (Wildman–Crippen MR) is 117 cm³/mol. The second-order valence-electron chi connectivity index (χ2n) is 6.34. The van der Waals surface area contributed by atoms with Gasteiger partial charge < -0.3 is 10.1 Å². The van der Waals surface area contributed by atoms with Crippen LogP contribution < -0.4 is 15.1 Å². The van der Waals surface area contributed by atoms with Gasteiger partial charge in [0, 0.05) is 22.8 Å². The van der Waals surface area contributed by atoms with Crippen molar-refractivity contribution < 1.29 is 9.53 Å². The second kappa shape index (κ2) is 8.28. The molecule has 1 aliphatic heterocycles. The van der Waals surface area contributed by atoms with Crippen LogP contribution in [0.3, 0.4) is 0 Å². The van der Waals surface area contributed by atoms with Crippen molar-refractivity contribution in [1.82, 2.24) is 4.98 Å². The van der Waals surface area contributed by atoms with E-state index in [1.54, 1.807) is 6.20 Å². The van der Waals surface area contributed by atoms with Gasteiger partial charge in [-0.25, -0.2) is 4.98 Å². The molecule has 4 rings (SSSR count). The molecule has 0 saturated carbocycles. The summed E-state index contributed by atoms with van der Waals surface area (Å²) in [5.41, 5.74) is 3.85. The molecule has 3 aromatic rings. The third kappa shape index (κ3) is 4.05. The zero-order valence-electron chi connectivity index (χ0n) is 16.1. The van der Waals surface area contributed by atoms with Crippen molar-refractivity contribution in [3.63, 3.8) is 0 Å². The van der Waals surface area contributed by atoms with Crippen molar-refractivity contribution in [2.75, 3.05) is 16.9 Å². The van der Waals surface area contributed by atoms with Crippen molar-refractivity contribution in [1.29, 1.82) is 0 Å². The zero-order chi connectivity index (χ0) is 20.2. The van der Waals surface area contributed by atoms with E-state index in [0.717, 1.165) is 22.7 Å². The SMILES string of the molecule is CCOc1ccc(N/C=C2\C(=O)N(c3nc(-c4ccccc4)cs3)N=C2C)cc1. The smallest absolute Gasteiger partial charge is 0.284 e. The third-order valence-corrected chi connectivity index (χ3v) is 5.17. The Morgan fingerprint density at radius 3 is 2.62 bits per heavy atom. The Morgan fingerprint density at radius 1 is 1.14 bits per heavy atom. The highest BCUT2D eigenvalue weighted by atomic mass is 32.1. The number of hydrogen-bond acceptors (Lipinski definition) is 6. The van der Waals surface area contributed by atoms with E-state index in [1.807, 2.05) is 73.8 Å². The summed E-state index contributed by atoms with van der Waals surface area (Å²) in [5, 5.41) is 11.4. The molecule has 1 aromatic heterocycles. The van der Waals surface area contributed by atoms with Gasteiger partial charge in [-0.1, -0.05) is 30.3 Å². The standard InChI is InChI=1S/C22H20N4O2S/c1-3-28-18-11-9-17(10-12-18)23-13-19-15(2)25-26(21(19)27)22-24-20(14-29-22)16-7-5-4-6-8-16/h4-14,23H,3H2,1-2H3/b19-13-. The van der Waals surface area contributed by atoms with Crippen LogP contribution in [0.4, 0.5) is 10.8 Å². The molecule has 0 unspecified atom stereocenters. The molecule has 0 atom stereocenters. The van der Waals surface area contributed by atoms with Crippen molar-refractivity contribution in [3.05, 3.63) is 71.8 Å². The summed E-state index contributed by atoms with van der Waals surface area (Å²) in [6.07, 6.45) is 1.68. The number of amides is 1. The number of nitrogens with one attached hydrogen (secondary N) is 1. The lowest BCUT2D eigenvalue weighted by atomic mass is 10.2. The average molecular weight is 404 g/mol. The topological polar surface area (TPSA) is 66.8 Å². The number of aromatic nitrogens is 1. The van der Waals surface area contributed by atoms with Gasteiger partial charge in [0.25, 0.3) is 5.91 Å². The minimum Gasteiger partial charge on any atom is -0.494 e. The van der Waals surface area contributed by atoms with E-state index in [-0.39, 0.29) is 5.91 Å². The molecule has 6 nitrogen and oxygen atoms in total. The maximum Gasteiger partial charge on any atom is 0.284 e. The molecular formula is C22H20N4O2S. The first-order valence-corrected chi connectivity index (χ1v) is 10.1. The highest BCUT2D eigenvalue weighted by molar-refractivity contribution is 7.14. The van der Waals surface area contributed by atoms with Crippen LogP contribution in [0.5, 0.6) is 5.75 Å². The monoisotopic (exact) mass is 404 g/mol. The molecule has 0 radical (unpaired) electrons. The molecule has 0 spiro atoms. The predicted octanol–water partition coefficient (Wildman–Crippen LogP) is 4.93. The Bertz CT molecular complexity index is 1070. The highest BCUT2D eigenvalue weighted by Crippen LogP contribution is 2.31. The summed E-state index contributed by atoms with van der Waals surface area (Å²) in [4.78, 5) is 17.5. The molecule has 7 heteroatoms. The molecule has 0 bridgehead atoms. The molecule has 1 N–H and O–H groups in total. The van der Waals surface area contributed by atoms with Crippen LogP contribution in [-0.4, -0.2) is 23.2 Å². The molecule has 0 aliphatic carbocycles. The van der Waals surface area contributed by atoms with E-state index in [0.29, 0.717) is 23.0 Å². The average Bonchev–Trinajstić information content (AvgIpc) is 3.34. The molecule has 2 aromatic carbocycles. The Labute approximate surface area is 173 Å². The number of thiazole rings is 1. The van der Waals surface area contributed by atoms with Gasteiger partial charge in [0.05, 0.1) is 23.6 Å². The minimum absolute atomic E-state index is 0.199. The van der Waals surface area contributed by atoms with E-state index in [2.05, 4.69) is 15.4 Å². The normalized spacial score (nSPS) is 15.0. The van der Waals surface area contributed by atoms with Gasteiger partial charge >= 0.3 is 0 Å². The quantitative estimate of drug-likeness (QED) is 0.592. The fourth-order valence-electron chi connectivity index (χ4n) is 2.89. The summed E-state index contributed by atoms with van der Waals surface area (Å²) in [6.45, 7) is 4.39. The Kier molecular flexibility index (Phi) is 5.39. The van der Waals surface area contributed by atoms with Crippen LogP contribution >= 0.6 is 11.3 Å². The lowest BCUT2D eigenvalue weighted by molar-refractivity contribution is -0.114. The number of hydrogen-bond donors (Lipinski definition) is 1. The fourth-order valence-corrected chi connectivity index (χ4v) is 3.67. The van der Waals surface area contributed by atoms with Crippen LogP contribution in [-0.2, 0) is 4.79 Å². The van der Waals surface area contributed by atoms with Gasteiger partial charge in [0.15, 0.2) is 0 Å². The lowest BCUT2D eigenvalue weighted by Gasteiger charge is -2.07. The van der Waals surface area contributed by atoms with Crippen molar-refractivity contribution >= 4 is 33.8 Å². The van der Waals surface area contributed by atoms with E-state index in [9.17, 15) is 4.79 Å². The number of ether oxygens (including phenoxy) is 1. The molecule has 0 saturated heterocycles.